The normalized spacial score (nSPS) is 16.3. The Morgan fingerprint density at radius 2 is 0.688 bits per heavy atom. The minimum Gasteiger partial charge on any atom is -0.308 e. The lowest BCUT2D eigenvalue weighted by Crippen LogP contribution is -2.29. The molecule has 2 heterocycles. The molecule has 260 valence electrons. The van der Waals surface area contributed by atoms with Crippen LogP contribution in [0.1, 0.15) is 153 Å². The van der Waals surface area contributed by atoms with Gasteiger partial charge in [-0.15, -0.1) is 0 Å². The van der Waals surface area contributed by atoms with Crippen molar-refractivity contribution in [1.82, 2.24) is 9.80 Å². The molecule has 48 heavy (non-hydrogen) atoms. The number of carbonyl (C=O) groups excluding carboxylic acids is 2. The van der Waals surface area contributed by atoms with Crippen LogP contribution in [0.25, 0.3) is 11.4 Å². The first-order valence-corrected chi connectivity index (χ1v) is 19.6. The van der Waals surface area contributed by atoms with E-state index in [0.717, 1.165) is 48.2 Å². The van der Waals surface area contributed by atoms with Gasteiger partial charge >= 0.3 is 0 Å². The van der Waals surface area contributed by atoms with Crippen molar-refractivity contribution in [3.63, 3.8) is 0 Å². The number of hydrogen-bond donors (Lipinski definition) is 0. The van der Waals surface area contributed by atoms with E-state index in [9.17, 15) is 9.59 Å². The zero-order valence-corrected chi connectivity index (χ0v) is 30.2. The highest BCUT2D eigenvalue weighted by Crippen LogP contribution is 2.37. The summed E-state index contributed by atoms with van der Waals surface area (Å²) in [5.74, 6) is -0.0878. The van der Waals surface area contributed by atoms with Gasteiger partial charge in [0, 0.05) is 13.1 Å². The standard InChI is InChI=1S/C44H62N2O2/c1-3-5-7-9-11-13-15-17-19-27-33-45-41(37-29-23-21-24-30-37)35-39(43(45)47)40-36-42(38-31-25-22-26-32-38)46(44(40)48)34-28-20-18-16-14-12-10-8-6-4-2/h21-26,29-32,35-36H,3-20,27-28,33-34H2,1-2H3/b40-39+. The lowest BCUT2D eigenvalue weighted by Gasteiger charge is -2.21. The molecular weight excluding hydrogens is 588 g/mol. The van der Waals surface area contributed by atoms with Crippen molar-refractivity contribution in [1.29, 1.82) is 0 Å². The Hall–Kier alpha value is -3.40. The lowest BCUT2D eigenvalue weighted by molar-refractivity contribution is -0.125. The summed E-state index contributed by atoms with van der Waals surface area (Å²) in [6.45, 7) is 5.89. The van der Waals surface area contributed by atoms with Crippen LogP contribution in [0.15, 0.2) is 84.0 Å². The number of amides is 2. The van der Waals surface area contributed by atoms with Gasteiger partial charge in [0.25, 0.3) is 11.8 Å². The van der Waals surface area contributed by atoms with Gasteiger partial charge in [-0.25, -0.2) is 0 Å². The maximum atomic E-state index is 14.1. The third kappa shape index (κ3) is 11.3. The molecule has 0 aliphatic carbocycles. The van der Waals surface area contributed by atoms with Crippen LogP contribution in [0.4, 0.5) is 0 Å². The second kappa shape index (κ2) is 21.5. The van der Waals surface area contributed by atoms with Crippen molar-refractivity contribution >= 4 is 23.2 Å². The molecule has 0 aromatic heterocycles. The summed E-state index contributed by atoms with van der Waals surface area (Å²) in [6.07, 6.45) is 29.1. The number of rotatable bonds is 24. The summed E-state index contributed by atoms with van der Waals surface area (Å²) in [7, 11) is 0. The number of hydrogen-bond acceptors (Lipinski definition) is 2. The zero-order chi connectivity index (χ0) is 33.8. The molecule has 2 aromatic carbocycles. The molecular formula is C44H62N2O2. The second-order valence-electron chi connectivity index (χ2n) is 13.9. The van der Waals surface area contributed by atoms with E-state index in [1.807, 2.05) is 58.4 Å². The topological polar surface area (TPSA) is 40.6 Å². The average Bonchev–Trinajstić information content (AvgIpc) is 3.62. The fourth-order valence-corrected chi connectivity index (χ4v) is 7.10. The molecule has 4 heteroatoms. The predicted molar refractivity (Wildman–Crippen MR) is 203 cm³/mol. The van der Waals surface area contributed by atoms with Gasteiger partial charge in [0.1, 0.15) is 0 Å². The minimum atomic E-state index is -0.0439. The molecule has 2 amide bonds. The van der Waals surface area contributed by atoms with Gasteiger partial charge in [-0.3, -0.25) is 9.59 Å². The average molecular weight is 651 g/mol. The van der Waals surface area contributed by atoms with Crippen LogP contribution >= 0.6 is 0 Å². The molecule has 0 spiro atoms. The number of unbranched alkanes of at least 4 members (excludes halogenated alkanes) is 18. The van der Waals surface area contributed by atoms with Gasteiger partial charge in [-0.05, 0) is 36.1 Å². The van der Waals surface area contributed by atoms with E-state index < -0.39 is 0 Å². The number of nitrogens with zero attached hydrogens (tertiary/aromatic N) is 2. The number of carbonyl (C=O) groups is 2. The Morgan fingerprint density at radius 1 is 0.396 bits per heavy atom. The van der Waals surface area contributed by atoms with E-state index in [4.69, 9.17) is 0 Å². The summed E-state index contributed by atoms with van der Waals surface area (Å²) >= 11 is 0. The van der Waals surface area contributed by atoms with Crippen LogP contribution in [0.2, 0.25) is 0 Å². The van der Waals surface area contributed by atoms with Crippen molar-refractivity contribution in [2.45, 2.75) is 142 Å². The molecule has 4 rings (SSSR count). The SMILES string of the molecule is CCCCCCCCCCCCN1C(=O)/C(=C2\C=C(c3ccccc3)N(CCCCCCCCCCCC)C2=O)C=C1c1ccccc1. The van der Waals surface area contributed by atoms with Gasteiger partial charge in [0.05, 0.1) is 22.5 Å². The van der Waals surface area contributed by atoms with Crippen LogP contribution < -0.4 is 0 Å². The van der Waals surface area contributed by atoms with Crippen molar-refractivity contribution in [2.75, 3.05) is 13.1 Å². The molecule has 0 radical (unpaired) electrons. The molecule has 0 atom stereocenters. The minimum absolute atomic E-state index is 0.0439. The van der Waals surface area contributed by atoms with Gasteiger partial charge in [0.15, 0.2) is 0 Å². The zero-order valence-electron chi connectivity index (χ0n) is 30.2. The van der Waals surface area contributed by atoms with E-state index in [0.29, 0.717) is 24.2 Å². The Morgan fingerprint density at radius 3 is 1.00 bits per heavy atom. The van der Waals surface area contributed by atoms with Gasteiger partial charge < -0.3 is 9.80 Å². The van der Waals surface area contributed by atoms with E-state index in [-0.39, 0.29) is 11.8 Å². The molecule has 0 unspecified atom stereocenters. The Kier molecular flexibility index (Phi) is 16.8. The van der Waals surface area contributed by atoms with Crippen LogP contribution in [0, 0.1) is 0 Å². The molecule has 0 N–H and O–H groups in total. The maximum absolute atomic E-state index is 14.1. The highest BCUT2D eigenvalue weighted by molar-refractivity contribution is 6.18. The fourth-order valence-electron chi connectivity index (χ4n) is 7.10. The second-order valence-corrected chi connectivity index (χ2v) is 13.9. The molecule has 2 aliphatic rings. The summed E-state index contributed by atoms with van der Waals surface area (Å²) in [5.41, 5.74) is 4.93. The summed E-state index contributed by atoms with van der Waals surface area (Å²) in [4.78, 5) is 32.1. The highest BCUT2D eigenvalue weighted by Gasteiger charge is 2.37. The molecule has 0 fully saturated rings. The lowest BCUT2D eigenvalue weighted by atomic mass is 10.1. The van der Waals surface area contributed by atoms with Crippen molar-refractivity contribution in [3.8, 4) is 0 Å². The smallest absolute Gasteiger partial charge is 0.259 e. The van der Waals surface area contributed by atoms with E-state index >= 15 is 0 Å². The monoisotopic (exact) mass is 650 g/mol. The summed E-state index contributed by atoms with van der Waals surface area (Å²) in [5, 5.41) is 0. The van der Waals surface area contributed by atoms with Gasteiger partial charge in [-0.2, -0.15) is 0 Å². The fraction of sp³-hybridized carbons (Fsp3) is 0.545. The van der Waals surface area contributed by atoms with Crippen molar-refractivity contribution < 1.29 is 9.59 Å². The van der Waals surface area contributed by atoms with Crippen LogP contribution in [-0.2, 0) is 9.59 Å². The van der Waals surface area contributed by atoms with Crippen molar-refractivity contribution in [2.24, 2.45) is 0 Å². The summed E-state index contributed by atoms with van der Waals surface area (Å²) < 4.78 is 0. The third-order valence-corrected chi connectivity index (χ3v) is 9.99. The Bertz CT molecular complexity index is 1240. The Balaban J connectivity index is 1.41. The molecule has 2 aliphatic heterocycles. The molecule has 0 saturated carbocycles. The third-order valence-electron chi connectivity index (χ3n) is 9.99. The first-order valence-electron chi connectivity index (χ1n) is 19.6. The predicted octanol–water partition coefficient (Wildman–Crippen LogP) is 11.9. The van der Waals surface area contributed by atoms with Crippen LogP contribution in [0.5, 0.6) is 0 Å². The molecule has 2 aromatic rings. The first kappa shape index (κ1) is 37.4. The van der Waals surface area contributed by atoms with Crippen LogP contribution in [-0.4, -0.2) is 34.7 Å². The van der Waals surface area contributed by atoms with E-state index in [2.05, 4.69) is 38.1 Å². The van der Waals surface area contributed by atoms with Gasteiger partial charge in [0.2, 0.25) is 0 Å². The van der Waals surface area contributed by atoms with E-state index in [1.165, 1.54) is 103 Å². The first-order chi connectivity index (χ1) is 23.7. The molecule has 0 saturated heterocycles. The Labute approximate surface area is 292 Å². The molecule has 4 nitrogen and oxygen atoms in total. The largest absolute Gasteiger partial charge is 0.308 e. The van der Waals surface area contributed by atoms with Gasteiger partial charge in [-0.1, -0.05) is 190 Å². The highest BCUT2D eigenvalue weighted by atomic mass is 16.2. The quantitative estimate of drug-likeness (QED) is 0.0838. The van der Waals surface area contributed by atoms with Crippen LogP contribution in [0.3, 0.4) is 0 Å². The summed E-state index contributed by atoms with van der Waals surface area (Å²) in [6, 6.07) is 20.4. The van der Waals surface area contributed by atoms with E-state index in [1.54, 1.807) is 0 Å². The number of benzene rings is 2. The molecule has 0 bridgehead atoms. The van der Waals surface area contributed by atoms with Crippen molar-refractivity contribution in [3.05, 3.63) is 95.1 Å². The maximum Gasteiger partial charge on any atom is 0.259 e.